The maximum Gasteiger partial charge on any atom is 0.262 e. The molecule has 0 radical (unpaired) electrons. The molecule has 0 unspecified atom stereocenters. The molecule has 0 spiro atoms. The van der Waals surface area contributed by atoms with Gasteiger partial charge in [0.25, 0.3) is 11.8 Å². The van der Waals surface area contributed by atoms with Crippen LogP contribution < -0.4 is 15.4 Å². The summed E-state index contributed by atoms with van der Waals surface area (Å²) in [5.41, 5.74) is 0.125. The van der Waals surface area contributed by atoms with Crippen molar-refractivity contribution in [2.24, 2.45) is 0 Å². The van der Waals surface area contributed by atoms with Crippen molar-refractivity contribution in [1.82, 2.24) is 10.2 Å². The number of ether oxygens (including phenoxy) is 1. The number of para-hydroxylation sites is 2. The van der Waals surface area contributed by atoms with Crippen molar-refractivity contribution in [2.45, 2.75) is 26.2 Å². The van der Waals surface area contributed by atoms with E-state index in [2.05, 4.69) is 20.8 Å². The van der Waals surface area contributed by atoms with E-state index in [1.807, 2.05) is 20.8 Å². The topological polar surface area (TPSA) is 93.2 Å². The molecule has 1 aromatic heterocycles. The van der Waals surface area contributed by atoms with E-state index in [1.54, 1.807) is 30.3 Å². The monoisotopic (exact) mass is 428 g/mol. The van der Waals surface area contributed by atoms with Crippen LogP contribution in [0.1, 0.15) is 36.1 Å². The van der Waals surface area contributed by atoms with Crippen LogP contribution in [0.15, 0.2) is 48.5 Å². The molecule has 1 heterocycles. The second-order valence-corrected chi connectivity index (χ2v) is 8.41. The molecule has 0 saturated carbocycles. The largest absolute Gasteiger partial charge is 0.483 e. The van der Waals surface area contributed by atoms with Crippen LogP contribution in [0.5, 0.6) is 5.75 Å². The van der Waals surface area contributed by atoms with Gasteiger partial charge in [-0.2, -0.15) is 0 Å². The lowest BCUT2D eigenvalue weighted by Crippen LogP contribution is -2.22. The SMILES string of the molecule is CC(C)(C)c1nnc(NC(=O)c2ccccc2OCC(=O)Nc2ccccc2F)s1. The third-order valence-corrected chi connectivity index (χ3v) is 5.19. The molecular weight excluding hydrogens is 407 g/mol. The van der Waals surface area contributed by atoms with E-state index in [9.17, 15) is 14.0 Å². The number of carbonyl (C=O) groups excluding carboxylic acids is 2. The van der Waals surface area contributed by atoms with Gasteiger partial charge in [0.15, 0.2) is 6.61 Å². The Kier molecular flexibility index (Phi) is 6.41. The number of anilines is 2. The van der Waals surface area contributed by atoms with Crippen LogP contribution in [0.4, 0.5) is 15.2 Å². The molecule has 0 aliphatic heterocycles. The minimum absolute atomic E-state index is 0.0584. The number of hydrogen-bond acceptors (Lipinski definition) is 6. The molecule has 0 aliphatic carbocycles. The maximum absolute atomic E-state index is 13.6. The van der Waals surface area contributed by atoms with Crippen molar-refractivity contribution in [3.05, 3.63) is 64.9 Å². The van der Waals surface area contributed by atoms with Gasteiger partial charge >= 0.3 is 0 Å². The number of aromatic nitrogens is 2. The molecule has 2 aromatic carbocycles. The molecule has 0 atom stereocenters. The van der Waals surface area contributed by atoms with Gasteiger partial charge in [-0.25, -0.2) is 4.39 Å². The number of hydrogen-bond donors (Lipinski definition) is 2. The van der Waals surface area contributed by atoms with Gasteiger partial charge in [0, 0.05) is 5.41 Å². The van der Waals surface area contributed by atoms with E-state index in [1.165, 1.54) is 29.5 Å². The highest BCUT2D eigenvalue weighted by Gasteiger charge is 2.21. The predicted molar refractivity (Wildman–Crippen MR) is 114 cm³/mol. The van der Waals surface area contributed by atoms with Crippen LogP contribution in [-0.4, -0.2) is 28.6 Å². The Morgan fingerprint density at radius 2 is 1.73 bits per heavy atom. The van der Waals surface area contributed by atoms with Gasteiger partial charge in [0.2, 0.25) is 5.13 Å². The fourth-order valence-corrected chi connectivity index (χ4v) is 3.21. The predicted octanol–water partition coefficient (Wildman–Crippen LogP) is 4.24. The van der Waals surface area contributed by atoms with Gasteiger partial charge in [0.05, 0.1) is 11.3 Å². The van der Waals surface area contributed by atoms with E-state index < -0.39 is 17.6 Å². The lowest BCUT2D eigenvalue weighted by atomic mass is 9.98. The fraction of sp³-hybridized carbons (Fsp3) is 0.238. The zero-order valence-electron chi connectivity index (χ0n) is 16.7. The Morgan fingerprint density at radius 1 is 1.03 bits per heavy atom. The Labute approximate surface area is 177 Å². The summed E-state index contributed by atoms with van der Waals surface area (Å²) in [7, 11) is 0. The summed E-state index contributed by atoms with van der Waals surface area (Å²) >= 11 is 1.29. The average molecular weight is 428 g/mol. The molecule has 0 bridgehead atoms. The van der Waals surface area contributed by atoms with Crippen LogP contribution in [0.2, 0.25) is 0 Å². The number of halogens is 1. The van der Waals surface area contributed by atoms with Crippen molar-refractivity contribution in [3.8, 4) is 5.75 Å². The quantitative estimate of drug-likeness (QED) is 0.612. The zero-order chi connectivity index (χ0) is 21.7. The number of nitrogens with one attached hydrogen (secondary N) is 2. The van der Waals surface area contributed by atoms with Gasteiger partial charge < -0.3 is 10.1 Å². The molecular formula is C21H21FN4O3S. The molecule has 0 fully saturated rings. The Morgan fingerprint density at radius 3 is 2.43 bits per heavy atom. The first-order chi connectivity index (χ1) is 14.2. The van der Waals surface area contributed by atoms with Crippen molar-refractivity contribution in [1.29, 1.82) is 0 Å². The molecule has 9 heteroatoms. The normalized spacial score (nSPS) is 11.1. The number of rotatable bonds is 6. The van der Waals surface area contributed by atoms with Crippen LogP contribution >= 0.6 is 11.3 Å². The summed E-state index contributed by atoms with van der Waals surface area (Å²) < 4.78 is 19.1. The average Bonchev–Trinajstić information content (AvgIpc) is 3.17. The van der Waals surface area contributed by atoms with E-state index in [0.29, 0.717) is 5.13 Å². The van der Waals surface area contributed by atoms with Gasteiger partial charge in [0.1, 0.15) is 16.6 Å². The lowest BCUT2D eigenvalue weighted by molar-refractivity contribution is -0.118. The minimum atomic E-state index is -0.547. The highest BCUT2D eigenvalue weighted by Crippen LogP contribution is 2.28. The molecule has 7 nitrogen and oxygen atoms in total. The summed E-state index contributed by atoms with van der Waals surface area (Å²) in [6.07, 6.45) is 0. The number of amides is 2. The van der Waals surface area contributed by atoms with Gasteiger partial charge in [-0.3, -0.25) is 14.9 Å². The Bertz CT molecular complexity index is 1060. The fourth-order valence-electron chi connectivity index (χ4n) is 2.41. The molecule has 3 rings (SSSR count). The highest BCUT2D eigenvalue weighted by atomic mass is 32.1. The Hall–Kier alpha value is -3.33. The van der Waals surface area contributed by atoms with Gasteiger partial charge in [-0.15, -0.1) is 10.2 Å². The molecule has 2 N–H and O–H groups in total. The van der Waals surface area contributed by atoms with Crippen molar-refractivity contribution in [2.75, 3.05) is 17.2 Å². The van der Waals surface area contributed by atoms with Crippen molar-refractivity contribution >= 4 is 34.0 Å². The van der Waals surface area contributed by atoms with Crippen LogP contribution in [-0.2, 0) is 10.2 Å². The van der Waals surface area contributed by atoms with Gasteiger partial charge in [-0.1, -0.05) is 56.4 Å². The van der Waals surface area contributed by atoms with Crippen LogP contribution in [0.3, 0.4) is 0 Å². The Balaban J connectivity index is 1.65. The second-order valence-electron chi connectivity index (χ2n) is 7.43. The lowest BCUT2D eigenvalue weighted by Gasteiger charge is -2.12. The number of benzene rings is 2. The first-order valence-corrected chi connectivity index (χ1v) is 9.97. The molecule has 0 aliphatic rings. The summed E-state index contributed by atoms with van der Waals surface area (Å²) in [5.74, 6) is -1.30. The second kappa shape index (κ2) is 9.00. The van der Waals surface area contributed by atoms with E-state index in [4.69, 9.17) is 4.74 Å². The zero-order valence-corrected chi connectivity index (χ0v) is 17.5. The standard InChI is InChI=1S/C21H21FN4O3S/c1-21(2,3)19-25-26-20(30-19)24-18(28)13-8-4-7-11-16(13)29-12-17(27)23-15-10-6-5-9-14(15)22/h4-11H,12H2,1-3H3,(H,23,27)(H,24,26,28). The van der Waals surface area contributed by atoms with Gasteiger partial charge in [-0.05, 0) is 24.3 Å². The molecule has 30 heavy (non-hydrogen) atoms. The highest BCUT2D eigenvalue weighted by molar-refractivity contribution is 7.15. The third kappa shape index (κ3) is 5.38. The molecule has 3 aromatic rings. The third-order valence-electron chi connectivity index (χ3n) is 3.93. The molecule has 0 saturated heterocycles. The minimum Gasteiger partial charge on any atom is -0.483 e. The van der Waals surface area contributed by atoms with E-state index >= 15 is 0 Å². The first-order valence-electron chi connectivity index (χ1n) is 9.15. The number of carbonyl (C=O) groups is 2. The molecule has 156 valence electrons. The van der Waals surface area contributed by atoms with Crippen LogP contribution in [0.25, 0.3) is 0 Å². The summed E-state index contributed by atoms with van der Waals surface area (Å²) in [5, 5.41) is 14.4. The summed E-state index contributed by atoms with van der Waals surface area (Å²) in [6.45, 7) is 5.64. The van der Waals surface area contributed by atoms with Crippen molar-refractivity contribution in [3.63, 3.8) is 0 Å². The number of nitrogens with zero attached hydrogens (tertiary/aromatic N) is 2. The first kappa shape index (κ1) is 21.4. The molecule has 2 amide bonds. The maximum atomic E-state index is 13.6. The van der Waals surface area contributed by atoms with Crippen molar-refractivity contribution < 1.29 is 18.7 Å². The summed E-state index contributed by atoms with van der Waals surface area (Å²) in [4.78, 5) is 24.8. The van der Waals surface area contributed by atoms with E-state index in [0.717, 1.165) is 5.01 Å². The smallest absolute Gasteiger partial charge is 0.262 e. The van der Waals surface area contributed by atoms with Crippen LogP contribution in [0, 0.1) is 5.82 Å². The van der Waals surface area contributed by atoms with E-state index in [-0.39, 0.29) is 29.0 Å². The summed E-state index contributed by atoms with van der Waals surface area (Å²) in [6, 6.07) is 12.3.